The Hall–Kier alpha value is -0.491. The summed E-state index contributed by atoms with van der Waals surface area (Å²) in [6, 6.07) is 0. The summed E-state index contributed by atoms with van der Waals surface area (Å²) in [5.74, 6) is 5.74. The Labute approximate surface area is 297 Å². The minimum absolute atomic E-state index is 0. The molecule has 0 amide bonds. The average molecular weight is 735 g/mol. The van der Waals surface area contributed by atoms with Crippen molar-refractivity contribution >= 4 is 11.0 Å². The molecule has 0 radical (unpaired) electrons. The van der Waals surface area contributed by atoms with Gasteiger partial charge in [0.2, 0.25) is 0 Å². The molecule has 5 heterocycles. The first-order valence-corrected chi connectivity index (χ1v) is 19.6. The molecule has 16 unspecified atom stereocenters. The quantitative estimate of drug-likeness (QED) is 0.0335. The van der Waals surface area contributed by atoms with Crippen molar-refractivity contribution in [3.63, 3.8) is 0 Å². The van der Waals surface area contributed by atoms with Crippen LogP contribution < -0.4 is 42.5 Å². The fourth-order valence-electron chi connectivity index (χ4n) is 11.7. The van der Waals surface area contributed by atoms with Crippen molar-refractivity contribution in [2.45, 2.75) is 146 Å². The average Bonchev–Trinajstić information content (AvgIpc) is 3.81. The van der Waals surface area contributed by atoms with Gasteiger partial charge in [-0.2, -0.15) is 6.42 Å². The Balaban J connectivity index is 0.000000463. The van der Waals surface area contributed by atoms with E-state index in [1.54, 1.807) is 0 Å². The van der Waals surface area contributed by atoms with E-state index in [1.165, 1.54) is 96.3 Å². The van der Waals surface area contributed by atoms with Crippen molar-refractivity contribution in [1.29, 1.82) is 0 Å². The van der Waals surface area contributed by atoms with Gasteiger partial charge >= 0.3 is 17.1 Å². The van der Waals surface area contributed by atoms with Crippen molar-refractivity contribution in [2.24, 2.45) is 52.7 Å². The third-order valence-electron chi connectivity index (χ3n) is 13.6. The Morgan fingerprint density at radius 3 is 1.02 bits per heavy atom. The second kappa shape index (κ2) is 16.9. The second-order valence-electron chi connectivity index (χ2n) is 15.7. The van der Waals surface area contributed by atoms with Gasteiger partial charge in [-0.1, -0.05) is 51.4 Å². The molecule has 48 heavy (non-hydrogen) atoms. The maximum atomic E-state index is 8.56. The first-order valence-electron chi connectivity index (χ1n) is 18.6. The van der Waals surface area contributed by atoms with Crippen molar-refractivity contribution < 1.29 is 30.0 Å². The molecule has 16 atom stereocenters. The molecule has 4 aliphatic carbocycles. The van der Waals surface area contributed by atoms with Gasteiger partial charge in [0.1, 0.15) is 0 Å². The number of hydrogen-bond acceptors (Lipinski definition) is 14. The monoisotopic (exact) mass is 734 g/mol. The predicted octanol–water partition coefficient (Wildman–Crippen LogP) is 2.44. The van der Waals surface area contributed by atoms with Crippen molar-refractivity contribution in [3.05, 3.63) is 16.5 Å². The summed E-state index contributed by atoms with van der Waals surface area (Å²) in [6.45, 7) is 0. The Morgan fingerprint density at radius 2 is 0.729 bits per heavy atom. The third-order valence-corrected chi connectivity index (χ3v) is 13.6. The molecule has 9 rings (SSSR count). The molecule has 5 saturated heterocycles. The normalized spacial score (nSPS) is 49.0. The summed E-state index contributed by atoms with van der Waals surface area (Å²) in [5, 5.41) is 42.7. The molecule has 9 N–H and O–H groups in total. The van der Waals surface area contributed by atoms with Gasteiger partial charge in [-0.05, 0) is 80.0 Å². The number of hydrogen-bond donors (Lipinski definition) is 9. The van der Waals surface area contributed by atoms with E-state index in [4.69, 9.17) is 23.1 Å². The summed E-state index contributed by atoms with van der Waals surface area (Å²) in [7, 11) is -2.86. The van der Waals surface area contributed by atoms with Crippen LogP contribution in [-0.2, 0) is 36.5 Å². The van der Waals surface area contributed by atoms with Gasteiger partial charge in [-0.25, -0.2) is 0 Å². The van der Waals surface area contributed by atoms with E-state index in [0.29, 0.717) is 61.2 Å². The third kappa shape index (κ3) is 7.80. The van der Waals surface area contributed by atoms with E-state index in [-0.39, 0.29) is 17.1 Å². The summed E-state index contributed by atoms with van der Waals surface area (Å²) < 4.78 is 24.1. The van der Waals surface area contributed by atoms with Crippen LogP contribution in [0.5, 0.6) is 0 Å². The van der Waals surface area contributed by atoms with Crippen molar-refractivity contribution in [2.75, 3.05) is 0 Å². The first kappa shape index (κ1) is 37.3. The molecule has 0 spiro atoms. The zero-order chi connectivity index (χ0) is 32.5. The Bertz CT molecular complexity index is 930. The number of rotatable bonds is 0. The molecule has 0 aromatic carbocycles. The second-order valence-corrected chi connectivity index (χ2v) is 16.1. The van der Waals surface area contributed by atoms with E-state index in [9.17, 15) is 0 Å². The summed E-state index contributed by atoms with van der Waals surface area (Å²) in [6.07, 6.45) is 26.4. The zero-order valence-electron chi connectivity index (χ0n) is 27.7. The first-order chi connectivity index (χ1) is 22.9. The van der Waals surface area contributed by atoms with Crippen molar-refractivity contribution in [3.8, 4) is 0 Å². The molecule has 9 fully saturated rings. The molecule has 0 aromatic heterocycles. The minimum Gasteiger partial charge on any atom is -0.444 e. The van der Waals surface area contributed by atoms with Gasteiger partial charge in [0.05, 0.1) is 43.2 Å². The topological polar surface area (TPSA) is 203 Å². The maximum Gasteiger partial charge on any atom is 2.00 e. The maximum absolute atomic E-state index is 8.56. The van der Waals surface area contributed by atoms with Gasteiger partial charge in [0.15, 0.2) is 0 Å². The van der Waals surface area contributed by atoms with Gasteiger partial charge in [0.25, 0.3) is 0 Å². The number of nitrogens with one attached hydrogen (secondary N) is 8. The van der Waals surface area contributed by atoms with Crippen LogP contribution in [-0.4, -0.2) is 53.9 Å². The van der Waals surface area contributed by atoms with E-state index < -0.39 is 11.0 Å². The van der Waals surface area contributed by atoms with Crippen LogP contribution in [0.1, 0.15) is 96.3 Å². The minimum atomic E-state index is -2.86. The van der Waals surface area contributed by atoms with Crippen LogP contribution in [0.4, 0.5) is 0 Å². The molecule has 8 bridgehead atoms. The number of nitrogens with zero attached hydrogens (tertiary/aromatic N) is 1. The number of fused-ring (bicyclic) bond motifs is 20. The summed E-state index contributed by atoms with van der Waals surface area (Å²) in [4.78, 5) is 8.00. The van der Waals surface area contributed by atoms with E-state index in [1.807, 2.05) is 0 Å². The van der Waals surface area contributed by atoms with E-state index in [2.05, 4.69) is 49.0 Å². The van der Waals surface area contributed by atoms with Gasteiger partial charge in [-0.3, -0.25) is 42.5 Å². The van der Waals surface area contributed by atoms with Crippen LogP contribution in [0.2, 0.25) is 0 Å². The predicted molar refractivity (Wildman–Crippen MR) is 177 cm³/mol. The van der Waals surface area contributed by atoms with Gasteiger partial charge in [0, 0.05) is 17.2 Å². The smallest absolute Gasteiger partial charge is 0.444 e. The summed E-state index contributed by atoms with van der Waals surface area (Å²) >= 11 is 0. The van der Waals surface area contributed by atoms with E-state index in [0.717, 1.165) is 40.8 Å². The molecule has 4 saturated carbocycles. The van der Waals surface area contributed by atoms with Crippen LogP contribution in [0.25, 0.3) is 0 Å². The van der Waals surface area contributed by atoms with Crippen LogP contribution >= 0.6 is 0 Å². The molecular weight excluding hydrogens is 678 g/mol. The zero-order valence-corrected chi connectivity index (χ0v) is 29.6. The standard InChI is InChI=1S/C32H55N8.Fe.HNO2.HO3S/c1-2-10-18-17(9-1)25-33-26(18)38-28-21-13-5-6-14-22(21)30(35-28)40-32-24-16-8-7-15-23(24)31(36-32)39-29-20-12-4-3-11-19(20)27(34-29)37-25;;2-1-3;1-4(2)3/h9,17-40H,1-8,10-16H2;;(H,2,3);(H,1,2,3)/q-1;+2;;-1/p-1. The molecule has 0 aromatic rings. The molecule has 9 aliphatic rings. The van der Waals surface area contributed by atoms with Crippen LogP contribution in [0.15, 0.2) is 5.34 Å². The molecule has 14 nitrogen and oxygen atoms in total. The fourth-order valence-corrected chi connectivity index (χ4v) is 11.7. The Morgan fingerprint density at radius 1 is 0.500 bits per heavy atom. The molecular formula is C32H56FeN9O5S-. The fraction of sp³-hybridized carbons (Fsp3) is 0.969. The molecule has 16 heteroatoms. The summed E-state index contributed by atoms with van der Waals surface area (Å²) in [5.41, 5.74) is 0. The van der Waals surface area contributed by atoms with E-state index >= 15 is 0 Å². The van der Waals surface area contributed by atoms with Crippen LogP contribution in [0, 0.1) is 63.9 Å². The van der Waals surface area contributed by atoms with Crippen LogP contribution in [0.3, 0.4) is 0 Å². The largest absolute Gasteiger partial charge is 2.00 e. The van der Waals surface area contributed by atoms with Crippen molar-refractivity contribution in [1.82, 2.24) is 42.5 Å². The Kier molecular flexibility index (Phi) is 13.1. The van der Waals surface area contributed by atoms with Gasteiger partial charge in [-0.15, -0.1) is 11.3 Å². The molecule has 274 valence electrons. The van der Waals surface area contributed by atoms with Gasteiger partial charge < -0.3 is 29.5 Å². The SMILES string of the molecule is O=N[O-].O=[S-](=O)O.[CH-]1CCCC2C3NC(NC4NC(NC5NC(NC6NC(N3)C3CCCCC63)C3CCCCC53)C3CCCCC43)C12.[Fe+2]. The molecule has 5 aliphatic heterocycles.